The molecule has 6 heteroatoms. The molecule has 1 aromatic heterocycles. The molecule has 0 amide bonds. The lowest BCUT2D eigenvalue weighted by molar-refractivity contribution is -0.385. The predicted octanol–water partition coefficient (Wildman–Crippen LogP) is 1.10. The Bertz CT molecular complexity index is 409. The molecule has 0 aliphatic heterocycles. The predicted molar refractivity (Wildman–Crippen MR) is 59.0 cm³/mol. The van der Waals surface area contributed by atoms with Gasteiger partial charge in [0.2, 0.25) is 0 Å². The third-order valence-corrected chi connectivity index (χ3v) is 2.43. The van der Waals surface area contributed by atoms with Crippen LogP contribution in [0.4, 0.5) is 5.69 Å². The summed E-state index contributed by atoms with van der Waals surface area (Å²) in [6.07, 6.45) is 5.14. The molecule has 1 saturated carbocycles. The monoisotopic (exact) mass is 222 g/mol. The van der Waals surface area contributed by atoms with E-state index in [0.717, 1.165) is 12.1 Å². The Labute approximate surface area is 93.1 Å². The second kappa shape index (κ2) is 4.44. The maximum atomic E-state index is 10.4. The van der Waals surface area contributed by atoms with E-state index in [4.69, 9.17) is 0 Å². The molecule has 86 valence electrons. The van der Waals surface area contributed by atoms with E-state index in [2.05, 4.69) is 17.0 Å². The standard InChI is InChI=1S/C10H14N4O2/c1-8(4-11-9-2-3-9)6-13-7-10(5-12-13)14(15)16/h5,7,9,11H,1-4,6H2. The largest absolute Gasteiger partial charge is 0.310 e. The fourth-order valence-electron chi connectivity index (χ4n) is 1.39. The molecule has 6 nitrogen and oxygen atoms in total. The maximum absolute atomic E-state index is 10.4. The summed E-state index contributed by atoms with van der Waals surface area (Å²) < 4.78 is 1.54. The van der Waals surface area contributed by atoms with Crippen LogP contribution in [0.5, 0.6) is 0 Å². The van der Waals surface area contributed by atoms with Gasteiger partial charge in [-0.15, -0.1) is 0 Å². The van der Waals surface area contributed by atoms with Gasteiger partial charge in [-0.05, 0) is 18.4 Å². The van der Waals surface area contributed by atoms with Crippen LogP contribution in [-0.4, -0.2) is 27.3 Å². The van der Waals surface area contributed by atoms with Crippen molar-refractivity contribution in [2.45, 2.75) is 25.4 Å². The fraction of sp³-hybridized carbons (Fsp3) is 0.500. The molecule has 0 saturated heterocycles. The zero-order valence-corrected chi connectivity index (χ0v) is 8.93. The second-order valence-electron chi connectivity index (χ2n) is 4.06. The Kier molecular flexibility index (Phi) is 3.00. The lowest BCUT2D eigenvalue weighted by atomic mass is 10.3. The molecule has 0 aromatic carbocycles. The average Bonchev–Trinajstić information content (AvgIpc) is 2.95. The van der Waals surface area contributed by atoms with Gasteiger partial charge >= 0.3 is 5.69 Å². The van der Waals surface area contributed by atoms with Gasteiger partial charge in [-0.2, -0.15) is 5.10 Å². The quantitative estimate of drug-likeness (QED) is 0.444. The highest BCUT2D eigenvalue weighted by Gasteiger charge is 2.20. The minimum absolute atomic E-state index is 0.0166. The Balaban J connectivity index is 1.82. The summed E-state index contributed by atoms with van der Waals surface area (Å²) in [6.45, 7) is 5.18. The van der Waals surface area contributed by atoms with Crippen LogP contribution < -0.4 is 5.32 Å². The molecule has 1 aliphatic carbocycles. The van der Waals surface area contributed by atoms with Gasteiger partial charge < -0.3 is 5.32 Å². The van der Waals surface area contributed by atoms with Crippen LogP contribution in [0, 0.1) is 10.1 Å². The van der Waals surface area contributed by atoms with Gasteiger partial charge in [-0.3, -0.25) is 14.8 Å². The zero-order valence-electron chi connectivity index (χ0n) is 8.93. The molecule has 0 unspecified atom stereocenters. The van der Waals surface area contributed by atoms with E-state index in [-0.39, 0.29) is 5.69 Å². The molecule has 0 atom stereocenters. The summed E-state index contributed by atoms with van der Waals surface area (Å²) in [5.74, 6) is 0. The Hall–Kier alpha value is -1.69. The summed E-state index contributed by atoms with van der Waals surface area (Å²) in [5, 5.41) is 17.7. The molecule has 1 N–H and O–H groups in total. The van der Waals surface area contributed by atoms with Crippen LogP contribution in [0.3, 0.4) is 0 Å². The van der Waals surface area contributed by atoms with Crippen molar-refractivity contribution >= 4 is 5.69 Å². The van der Waals surface area contributed by atoms with Crippen molar-refractivity contribution in [2.75, 3.05) is 6.54 Å². The number of nitro groups is 1. The smallest absolute Gasteiger partial charge is 0.307 e. The first-order chi connectivity index (χ1) is 7.65. The van der Waals surface area contributed by atoms with Crippen LogP contribution in [0.2, 0.25) is 0 Å². The SMILES string of the molecule is C=C(CNC1CC1)Cn1cc([N+](=O)[O-])cn1. The first-order valence-corrected chi connectivity index (χ1v) is 5.22. The number of rotatable bonds is 6. The lowest BCUT2D eigenvalue weighted by Gasteiger charge is -2.06. The van der Waals surface area contributed by atoms with E-state index in [1.54, 1.807) is 0 Å². The minimum atomic E-state index is -0.450. The van der Waals surface area contributed by atoms with Crippen LogP contribution in [0.25, 0.3) is 0 Å². The molecule has 1 fully saturated rings. The average molecular weight is 222 g/mol. The molecule has 2 rings (SSSR count). The van der Waals surface area contributed by atoms with E-state index in [1.165, 1.54) is 29.9 Å². The van der Waals surface area contributed by atoms with Gasteiger partial charge in [0.1, 0.15) is 12.4 Å². The van der Waals surface area contributed by atoms with Gasteiger partial charge in [0.25, 0.3) is 0 Å². The van der Waals surface area contributed by atoms with E-state index in [9.17, 15) is 10.1 Å². The second-order valence-corrected chi connectivity index (χ2v) is 4.06. The van der Waals surface area contributed by atoms with E-state index >= 15 is 0 Å². The minimum Gasteiger partial charge on any atom is -0.310 e. The zero-order chi connectivity index (χ0) is 11.5. The van der Waals surface area contributed by atoms with Crippen LogP contribution in [0.15, 0.2) is 24.5 Å². The molecule has 1 aliphatic rings. The third kappa shape index (κ3) is 2.90. The molecule has 1 aromatic rings. The van der Waals surface area contributed by atoms with Gasteiger partial charge in [0.05, 0.1) is 11.5 Å². The van der Waals surface area contributed by atoms with Crippen molar-refractivity contribution in [1.82, 2.24) is 15.1 Å². The molecule has 0 radical (unpaired) electrons. The maximum Gasteiger partial charge on any atom is 0.307 e. The number of nitrogens with one attached hydrogen (secondary N) is 1. The van der Waals surface area contributed by atoms with Crippen molar-refractivity contribution in [1.29, 1.82) is 0 Å². The van der Waals surface area contributed by atoms with Crippen molar-refractivity contribution < 1.29 is 4.92 Å². The highest BCUT2D eigenvalue weighted by Crippen LogP contribution is 2.18. The molecule has 1 heterocycles. The Morgan fingerprint density at radius 3 is 3.06 bits per heavy atom. The van der Waals surface area contributed by atoms with E-state index in [0.29, 0.717) is 12.6 Å². The molecular weight excluding hydrogens is 208 g/mol. The van der Waals surface area contributed by atoms with Gasteiger partial charge in [-0.1, -0.05) is 6.58 Å². The van der Waals surface area contributed by atoms with Crippen molar-refractivity contribution in [2.24, 2.45) is 0 Å². The summed E-state index contributed by atoms with van der Waals surface area (Å²) in [4.78, 5) is 9.99. The molecule has 16 heavy (non-hydrogen) atoms. The summed E-state index contributed by atoms with van der Waals surface area (Å²) >= 11 is 0. The van der Waals surface area contributed by atoms with E-state index < -0.39 is 4.92 Å². The normalized spacial score (nSPS) is 15.0. The molecule has 0 bridgehead atoms. The Morgan fingerprint density at radius 2 is 2.50 bits per heavy atom. The number of nitrogens with zero attached hydrogens (tertiary/aromatic N) is 3. The summed E-state index contributed by atoms with van der Waals surface area (Å²) in [7, 11) is 0. The summed E-state index contributed by atoms with van der Waals surface area (Å²) in [6, 6.07) is 0.642. The highest BCUT2D eigenvalue weighted by atomic mass is 16.6. The third-order valence-electron chi connectivity index (χ3n) is 2.43. The van der Waals surface area contributed by atoms with Crippen molar-refractivity contribution in [3.63, 3.8) is 0 Å². The Morgan fingerprint density at radius 1 is 1.75 bits per heavy atom. The van der Waals surface area contributed by atoms with Gasteiger partial charge in [0, 0.05) is 12.6 Å². The highest BCUT2D eigenvalue weighted by molar-refractivity contribution is 5.21. The number of hydrogen-bond acceptors (Lipinski definition) is 4. The number of aromatic nitrogens is 2. The first kappa shape index (κ1) is 10.8. The lowest BCUT2D eigenvalue weighted by Crippen LogP contribution is -2.20. The number of hydrogen-bond donors (Lipinski definition) is 1. The topological polar surface area (TPSA) is 73.0 Å². The van der Waals surface area contributed by atoms with Crippen LogP contribution in [0.1, 0.15) is 12.8 Å². The van der Waals surface area contributed by atoms with Crippen LogP contribution >= 0.6 is 0 Å². The van der Waals surface area contributed by atoms with Crippen molar-refractivity contribution in [3.8, 4) is 0 Å². The first-order valence-electron chi connectivity index (χ1n) is 5.22. The van der Waals surface area contributed by atoms with Crippen LogP contribution in [-0.2, 0) is 6.54 Å². The van der Waals surface area contributed by atoms with Gasteiger partial charge in [0.15, 0.2) is 0 Å². The fourth-order valence-corrected chi connectivity index (χ4v) is 1.39. The molecule has 0 spiro atoms. The molecular formula is C10H14N4O2. The van der Waals surface area contributed by atoms with Gasteiger partial charge in [-0.25, -0.2) is 0 Å². The van der Waals surface area contributed by atoms with Crippen molar-refractivity contribution in [3.05, 3.63) is 34.7 Å². The summed E-state index contributed by atoms with van der Waals surface area (Å²) in [5.41, 5.74) is 0.993. The van der Waals surface area contributed by atoms with E-state index in [1.807, 2.05) is 0 Å².